The number of nitrogens with zero attached hydrogens (tertiary/aromatic N) is 6. The fourth-order valence-electron chi connectivity index (χ4n) is 5.46. The van der Waals surface area contributed by atoms with Crippen LogP contribution >= 0.6 is 0 Å². The zero-order valence-corrected chi connectivity index (χ0v) is 19.8. The molecule has 0 aliphatic carbocycles. The van der Waals surface area contributed by atoms with Crippen LogP contribution in [0.15, 0.2) is 61.1 Å². The largest absolute Gasteiger partial charge is 0.371 e. The number of fused-ring (bicyclic) bond motifs is 5. The first kappa shape index (κ1) is 21.1. The van der Waals surface area contributed by atoms with Crippen LogP contribution in [0.3, 0.4) is 0 Å². The highest BCUT2D eigenvalue weighted by atomic mass is 19.1. The molecule has 0 saturated carbocycles. The summed E-state index contributed by atoms with van der Waals surface area (Å²) in [7, 11) is 4.31. The summed E-state index contributed by atoms with van der Waals surface area (Å²) in [5.41, 5.74) is 6.59. The molecule has 174 valence electrons. The van der Waals surface area contributed by atoms with E-state index in [1.165, 1.54) is 23.4 Å². The fourth-order valence-corrected chi connectivity index (χ4v) is 5.46. The molecule has 0 spiro atoms. The van der Waals surface area contributed by atoms with E-state index in [9.17, 15) is 4.39 Å². The Morgan fingerprint density at radius 3 is 2.65 bits per heavy atom. The van der Waals surface area contributed by atoms with Crippen molar-refractivity contribution in [2.24, 2.45) is 11.8 Å². The van der Waals surface area contributed by atoms with E-state index >= 15 is 0 Å². The molecule has 34 heavy (non-hydrogen) atoms. The van der Waals surface area contributed by atoms with Crippen LogP contribution < -0.4 is 4.90 Å². The predicted molar refractivity (Wildman–Crippen MR) is 133 cm³/mol. The van der Waals surface area contributed by atoms with Crippen molar-refractivity contribution in [3.05, 3.63) is 72.4 Å². The van der Waals surface area contributed by atoms with Crippen LogP contribution in [0.2, 0.25) is 0 Å². The second-order valence-corrected chi connectivity index (χ2v) is 9.96. The quantitative estimate of drug-likeness (QED) is 0.398. The molecule has 1 fully saturated rings. The van der Waals surface area contributed by atoms with Crippen molar-refractivity contribution < 1.29 is 4.39 Å². The van der Waals surface area contributed by atoms with E-state index in [0.717, 1.165) is 54.5 Å². The van der Waals surface area contributed by atoms with Gasteiger partial charge in [-0.05, 0) is 73.5 Å². The summed E-state index contributed by atoms with van der Waals surface area (Å²) in [6.07, 6.45) is 3.75. The third kappa shape index (κ3) is 3.60. The second kappa shape index (κ2) is 8.09. The molecule has 6 rings (SSSR count). The summed E-state index contributed by atoms with van der Waals surface area (Å²) < 4.78 is 17.6. The topological polar surface area (TPSA) is 42.1 Å². The maximum Gasteiger partial charge on any atom is 0.179 e. The van der Waals surface area contributed by atoms with Crippen molar-refractivity contribution in [2.75, 3.05) is 38.6 Å². The summed E-state index contributed by atoms with van der Waals surface area (Å²) >= 11 is 0. The minimum absolute atomic E-state index is 0.227. The minimum Gasteiger partial charge on any atom is -0.371 e. The van der Waals surface area contributed by atoms with Gasteiger partial charge < -0.3 is 14.4 Å². The summed E-state index contributed by atoms with van der Waals surface area (Å²) in [5.74, 6) is 1.93. The molecular formula is C27H29FN6. The number of benzene rings is 2. The summed E-state index contributed by atoms with van der Waals surface area (Å²) in [4.78, 5) is 9.39. The van der Waals surface area contributed by atoms with Gasteiger partial charge in [-0.2, -0.15) is 5.10 Å². The first-order chi connectivity index (χ1) is 16.5. The van der Waals surface area contributed by atoms with Crippen molar-refractivity contribution in [2.45, 2.75) is 13.5 Å². The van der Waals surface area contributed by atoms with E-state index in [4.69, 9.17) is 0 Å². The van der Waals surface area contributed by atoms with E-state index in [1.54, 1.807) is 6.33 Å². The Balaban J connectivity index is 1.37. The Labute approximate surface area is 199 Å². The molecule has 4 aromatic rings. The standard InChI is InChI=1S/C27H29FN6/c1-18-12-32(16-22(18)13-31(2)3)24-8-9-25-21(10-24)15-33-14-20(19-4-6-23(28)7-5-19)11-26(33)27-29-17-30-34(25)27/h4-11,14,17-18,22H,12-13,15-16H2,1-3H3/t18-,22+/m1/s1. The van der Waals surface area contributed by atoms with Gasteiger partial charge >= 0.3 is 0 Å². The molecule has 0 bridgehead atoms. The van der Waals surface area contributed by atoms with E-state index in [-0.39, 0.29) is 5.82 Å². The van der Waals surface area contributed by atoms with Crippen molar-refractivity contribution in [1.82, 2.24) is 24.2 Å². The molecule has 1 saturated heterocycles. The third-order valence-corrected chi connectivity index (χ3v) is 7.22. The molecule has 2 aromatic heterocycles. The van der Waals surface area contributed by atoms with Crippen molar-refractivity contribution >= 4 is 5.69 Å². The highest BCUT2D eigenvalue weighted by molar-refractivity contribution is 5.71. The number of aromatic nitrogens is 4. The van der Waals surface area contributed by atoms with Crippen LogP contribution in [0.5, 0.6) is 0 Å². The van der Waals surface area contributed by atoms with Crippen molar-refractivity contribution in [1.29, 1.82) is 0 Å². The lowest BCUT2D eigenvalue weighted by Gasteiger charge is -2.22. The van der Waals surface area contributed by atoms with Gasteiger partial charge in [-0.15, -0.1) is 0 Å². The number of anilines is 1. The normalized spacial score (nSPS) is 19.1. The van der Waals surface area contributed by atoms with Crippen LogP contribution in [0, 0.1) is 17.7 Å². The smallest absolute Gasteiger partial charge is 0.179 e. The molecule has 2 aliphatic heterocycles. The van der Waals surface area contributed by atoms with Gasteiger partial charge in [0.15, 0.2) is 5.82 Å². The van der Waals surface area contributed by atoms with Gasteiger partial charge in [0.1, 0.15) is 12.1 Å². The Morgan fingerprint density at radius 2 is 1.85 bits per heavy atom. The van der Waals surface area contributed by atoms with Crippen LogP contribution in [0.25, 0.3) is 28.3 Å². The molecule has 7 heteroatoms. The SMILES string of the molecule is C[C@@H]1CN(c2ccc3c(c2)Cn2cc(-c4ccc(F)cc4)cc2-c2ncnn2-3)C[C@@H]1CN(C)C. The minimum atomic E-state index is -0.227. The molecule has 6 nitrogen and oxygen atoms in total. The van der Waals surface area contributed by atoms with Crippen molar-refractivity contribution in [3.63, 3.8) is 0 Å². The van der Waals surface area contributed by atoms with Crippen LogP contribution in [-0.4, -0.2) is 58.0 Å². The Hall–Kier alpha value is -3.45. The number of hydrogen-bond acceptors (Lipinski definition) is 4. The first-order valence-electron chi connectivity index (χ1n) is 11.9. The molecule has 0 N–H and O–H groups in total. The molecule has 0 unspecified atom stereocenters. The van der Waals surface area contributed by atoms with Crippen molar-refractivity contribution in [3.8, 4) is 28.3 Å². The fraction of sp³-hybridized carbons (Fsp3) is 0.333. The number of hydrogen-bond donors (Lipinski definition) is 0. The van der Waals surface area contributed by atoms with Gasteiger partial charge in [0.05, 0.1) is 11.4 Å². The van der Waals surface area contributed by atoms with Gasteiger partial charge in [0.2, 0.25) is 0 Å². The zero-order valence-electron chi connectivity index (χ0n) is 19.8. The lowest BCUT2D eigenvalue weighted by Crippen LogP contribution is -2.27. The second-order valence-electron chi connectivity index (χ2n) is 9.96. The molecule has 0 amide bonds. The van der Waals surface area contributed by atoms with Gasteiger partial charge in [-0.3, -0.25) is 0 Å². The van der Waals surface area contributed by atoms with E-state index in [0.29, 0.717) is 11.8 Å². The molecule has 2 atom stereocenters. The average Bonchev–Trinajstić information content (AvgIpc) is 3.52. The molecule has 4 heterocycles. The Kier molecular flexibility index (Phi) is 5.03. The molecule has 2 aromatic carbocycles. The van der Waals surface area contributed by atoms with Gasteiger partial charge in [0.25, 0.3) is 0 Å². The molecule has 0 radical (unpaired) electrons. The van der Waals surface area contributed by atoms with Gasteiger partial charge in [-0.1, -0.05) is 19.1 Å². The number of rotatable bonds is 4. The summed E-state index contributed by atoms with van der Waals surface area (Å²) in [6.45, 7) is 6.37. The number of halogens is 1. The summed E-state index contributed by atoms with van der Waals surface area (Å²) in [6, 6.07) is 15.5. The maximum absolute atomic E-state index is 13.4. The predicted octanol–water partition coefficient (Wildman–Crippen LogP) is 4.54. The molecular weight excluding hydrogens is 427 g/mol. The maximum atomic E-state index is 13.4. The van der Waals surface area contributed by atoms with Crippen LogP contribution in [0.1, 0.15) is 12.5 Å². The summed E-state index contributed by atoms with van der Waals surface area (Å²) in [5, 5.41) is 4.56. The third-order valence-electron chi connectivity index (χ3n) is 7.22. The first-order valence-corrected chi connectivity index (χ1v) is 11.9. The monoisotopic (exact) mass is 456 g/mol. The zero-order chi connectivity index (χ0) is 23.4. The average molecular weight is 457 g/mol. The highest BCUT2D eigenvalue weighted by Crippen LogP contribution is 2.36. The van der Waals surface area contributed by atoms with E-state index < -0.39 is 0 Å². The van der Waals surface area contributed by atoms with Gasteiger partial charge in [0, 0.05) is 43.6 Å². The van der Waals surface area contributed by atoms with Crippen LogP contribution in [-0.2, 0) is 6.54 Å². The Bertz CT molecular complexity index is 1340. The van der Waals surface area contributed by atoms with Crippen LogP contribution in [0.4, 0.5) is 10.1 Å². The lowest BCUT2D eigenvalue weighted by molar-refractivity contribution is 0.301. The lowest BCUT2D eigenvalue weighted by atomic mass is 9.98. The highest BCUT2D eigenvalue weighted by Gasteiger charge is 2.31. The Morgan fingerprint density at radius 1 is 1.03 bits per heavy atom. The van der Waals surface area contributed by atoms with E-state index in [2.05, 4.69) is 75.9 Å². The van der Waals surface area contributed by atoms with E-state index in [1.807, 2.05) is 16.8 Å². The van der Waals surface area contributed by atoms with Gasteiger partial charge in [-0.25, -0.2) is 14.1 Å². The molecule has 2 aliphatic rings.